The van der Waals surface area contributed by atoms with Crippen LogP contribution in [0, 0.1) is 13.8 Å². The molecule has 0 aliphatic rings. The van der Waals surface area contributed by atoms with E-state index in [0.29, 0.717) is 6.54 Å². The third-order valence-corrected chi connectivity index (χ3v) is 3.74. The number of nitrogens with one attached hydrogen (secondary N) is 1. The Balaban J connectivity index is 2.85. The van der Waals surface area contributed by atoms with Gasteiger partial charge in [0.25, 0.3) is 0 Å². The summed E-state index contributed by atoms with van der Waals surface area (Å²) in [4.78, 5) is 1.87. The summed E-state index contributed by atoms with van der Waals surface area (Å²) in [5.41, 5.74) is 0.949. The van der Waals surface area contributed by atoms with Crippen molar-refractivity contribution in [3.8, 4) is 0 Å². The maximum atomic E-state index is 12.5. The van der Waals surface area contributed by atoms with E-state index in [9.17, 15) is 13.2 Å². The van der Waals surface area contributed by atoms with Crippen LogP contribution in [0.5, 0.6) is 0 Å². The summed E-state index contributed by atoms with van der Waals surface area (Å²) >= 11 is 1.45. The molecule has 1 N–H and O–H groups in total. The number of halogens is 3. The molecule has 0 bridgehead atoms. The molecule has 0 fully saturated rings. The predicted molar refractivity (Wildman–Crippen MR) is 65.5 cm³/mol. The van der Waals surface area contributed by atoms with Crippen molar-refractivity contribution in [1.82, 2.24) is 5.32 Å². The second-order valence-electron chi connectivity index (χ2n) is 4.23. The Labute approximate surface area is 104 Å². The zero-order valence-electron chi connectivity index (χ0n) is 10.3. The molecule has 0 amide bonds. The number of aryl methyl sites for hydroxylation is 2. The molecule has 1 atom stereocenters. The zero-order chi connectivity index (χ0) is 13.1. The lowest BCUT2D eigenvalue weighted by Crippen LogP contribution is -2.27. The van der Waals surface area contributed by atoms with Gasteiger partial charge in [-0.25, -0.2) is 0 Å². The summed E-state index contributed by atoms with van der Waals surface area (Å²) in [5, 5.41) is 2.99. The standard InChI is InChI=1S/C12H18F3NS/c1-4-5-16-10(7-12(13,14)15)11-8(2)6-9(3)17-11/h6,10,16H,4-5,7H2,1-3H3. The molecule has 1 nitrogen and oxygen atoms in total. The highest BCUT2D eigenvalue weighted by molar-refractivity contribution is 7.12. The van der Waals surface area contributed by atoms with Crippen molar-refractivity contribution < 1.29 is 13.2 Å². The van der Waals surface area contributed by atoms with Crippen molar-refractivity contribution in [3.05, 3.63) is 21.4 Å². The summed E-state index contributed by atoms with van der Waals surface area (Å²) in [6.45, 7) is 6.35. The Kier molecular flexibility index (Phi) is 5.01. The molecule has 1 rings (SSSR count). The van der Waals surface area contributed by atoms with Crippen LogP contribution < -0.4 is 5.32 Å². The van der Waals surface area contributed by atoms with Crippen molar-refractivity contribution in [3.63, 3.8) is 0 Å². The van der Waals surface area contributed by atoms with E-state index in [0.717, 1.165) is 21.7 Å². The van der Waals surface area contributed by atoms with Crippen molar-refractivity contribution in [2.75, 3.05) is 6.54 Å². The lowest BCUT2D eigenvalue weighted by atomic mass is 10.1. The van der Waals surface area contributed by atoms with E-state index >= 15 is 0 Å². The SMILES string of the molecule is CCCNC(CC(F)(F)F)c1sc(C)cc1C. The second kappa shape index (κ2) is 5.87. The van der Waals surface area contributed by atoms with Gasteiger partial charge in [-0.05, 0) is 38.4 Å². The highest BCUT2D eigenvalue weighted by Crippen LogP contribution is 2.35. The molecule has 98 valence electrons. The first-order chi connectivity index (χ1) is 7.83. The molecule has 1 aromatic rings. The Morgan fingerprint density at radius 3 is 2.41 bits per heavy atom. The minimum absolute atomic E-state index is 0.603. The fourth-order valence-corrected chi connectivity index (χ4v) is 2.92. The van der Waals surface area contributed by atoms with Gasteiger partial charge in [0.1, 0.15) is 0 Å². The van der Waals surface area contributed by atoms with E-state index in [-0.39, 0.29) is 0 Å². The largest absolute Gasteiger partial charge is 0.390 e. The summed E-state index contributed by atoms with van der Waals surface area (Å²) in [7, 11) is 0. The maximum absolute atomic E-state index is 12.5. The Morgan fingerprint density at radius 2 is 2.00 bits per heavy atom. The molecular weight excluding hydrogens is 247 g/mol. The Hall–Kier alpha value is -0.550. The van der Waals surface area contributed by atoms with E-state index < -0.39 is 18.6 Å². The van der Waals surface area contributed by atoms with Crippen LogP contribution >= 0.6 is 11.3 Å². The van der Waals surface area contributed by atoms with Gasteiger partial charge in [0.2, 0.25) is 0 Å². The number of rotatable bonds is 5. The van der Waals surface area contributed by atoms with Crippen LogP contribution in [0.1, 0.15) is 41.1 Å². The minimum atomic E-state index is -4.13. The molecule has 0 saturated heterocycles. The number of hydrogen-bond donors (Lipinski definition) is 1. The minimum Gasteiger partial charge on any atom is -0.309 e. The molecule has 0 aromatic carbocycles. The highest BCUT2D eigenvalue weighted by atomic mass is 32.1. The zero-order valence-corrected chi connectivity index (χ0v) is 11.1. The first-order valence-electron chi connectivity index (χ1n) is 5.70. The fourth-order valence-electron chi connectivity index (χ4n) is 1.81. The average Bonchev–Trinajstić information content (AvgIpc) is 2.50. The first kappa shape index (κ1) is 14.5. The first-order valence-corrected chi connectivity index (χ1v) is 6.52. The molecular formula is C12H18F3NS. The summed E-state index contributed by atoms with van der Waals surface area (Å²) < 4.78 is 37.6. The molecule has 0 radical (unpaired) electrons. The van der Waals surface area contributed by atoms with E-state index in [1.165, 1.54) is 11.3 Å². The molecule has 1 unspecified atom stereocenters. The van der Waals surface area contributed by atoms with Gasteiger partial charge in [0, 0.05) is 9.75 Å². The molecule has 0 aliphatic heterocycles. The van der Waals surface area contributed by atoms with Gasteiger partial charge in [0.15, 0.2) is 0 Å². The highest BCUT2D eigenvalue weighted by Gasteiger charge is 2.33. The Morgan fingerprint density at radius 1 is 1.35 bits per heavy atom. The average molecular weight is 265 g/mol. The van der Waals surface area contributed by atoms with E-state index in [1.54, 1.807) is 0 Å². The van der Waals surface area contributed by atoms with Gasteiger partial charge in [0.05, 0.1) is 12.5 Å². The van der Waals surface area contributed by atoms with Crippen molar-refractivity contribution in [2.45, 2.75) is 45.8 Å². The van der Waals surface area contributed by atoms with Crippen molar-refractivity contribution in [1.29, 1.82) is 0 Å². The van der Waals surface area contributed by atoms with Crippen molar-refractivity contribution in [2.24, 2.45) is 0 Å². The molecule has 0 spiro atoms. The lowest BCUT2D eigenvalue weighted by molar-refractivity contribution is -0.140. The van der Waals surface area contributed by atoms with Crippen LogP contribution in [0.4, 0.5) is 13.2 Å². The lowest BCUT2D eigenvalue weighted by Gasteiger charge is -2.19. The van der Waals surface area contributed by atoms with Gasteiger partial charge in [-0.3, -0.25) is 0 Å². The van der Waals surface area contributed by atoms with E-state index in [4.69, 9.17) is 0 Å². The normalized spacial score (nSPS) is 14.0. The molecule has 0 aliphatic carbocycles. The second-order valence-corrected chi connectivity index (χ2v) is 5.52. The van der Waals surface area contributed by atoms with E-state index in [2.05, 4.69) is 5.32 Å². The van der Waals surface area contributed by atoms with Crippen molar-refractivity contribution >= 4 is 11.3 Å². The van der Waals surface area contributed by atoms with Crippen LogP contribution in [0.15, 0.2) is 6.07 Å². The topological polar surface area (TPSA) is 12.0 Å². The van der Waals surface area contributed by atoms with Gasteiger partial charge in [-0.15, -0.1) is 11.3 Å². The van der Waals surface area contributed by atoms with Crippen LogP contribution in [0.3, 0.4) is 0 Å². The predicted octanol–water partition coefficient (Wildman–Crippen LogP) is 4.36. The molecule has 1 aromatic heterocycles. The fraction of sp³-hybridized carbons (Fsp3) is 0.667. The molecule has 17 heavy (non-hydrogen) atoms. The van der Waals surface area contributed by atoms with Crippen LogP contribution in [0.25, 0.3) is 0 Å². The molecule has 5 heteroatoms. The summed E-state index contributed by atoms with van der Waals surface area (Å²) in [6.07, 6.45) is -4.10. The van der Waals surface area contributed by atoms with Gasteiger partial charge < -0.3 is 5.32 Å². The van der Waals surface area contributed by atoms with Crippen LogP contribution in [-0.2, 0) is 0 Å². The summed E-state index contributed by atoms with van der Waals surface area (Å²) in [6, 6.07) is 1.34. The smallest absolute Gasteiger partial charge is 0.309 e. The van der Waals surface area contributed by atoms with E-state index in [1.807, 2.05) is 26.8 Å². The third kappa shape index (κ3) is 4.68. The Bertz CT molecular complexity index is 357. The molecule has 0 saturated carbocycles. The van der Waals surface area contributed by atoms with Gasteiger partial charge in [-0.2, -0.15) is 13.2 Å². The maximum Gasteiger partial charge on any atom is 0.390 e. The van der Waals surface area contributed by atoms with Crippen LogP contribution in [-0.4, -0.2) is 12.7 Å². The van der Waals surface area contributed by atoms with Gasteiger partial charge >= 0.3 is 6.18 Å². The summed E-state index contributed by atoms with van der Waals surface area (Å²) in [5.74, 6) is 0. The monoisotopic (exact) mass is 265 g/mol. The number of thiophene rings is 1. The molecule has 1 heterocycles. The third-order valence-electron chi connectivity index (χ3n) is 2.47. The number of alkyl halides is 3. The quantitative estimate of drug-likeness (QED) is 0.834. The number of hydrogen-bond acceptors (Lipinski definition) is 2. The van der Waals surface area contributed by atoms with Gasteiger partial charge in [-0.1, -0.05) is 6.92 Å². The van der Waals surface area contributed by atoms with Crippen LogP contribution in [0.2, 0.25) is 0 Å².